The number of methoxy groups -OCH3 is 1. The molecule has 0 fully saturated rings. The van der Waals surface area contributed by atoms with Gasteiger partial charge in [-0.3, -0.25) is 0 Å². The molecule has 2 rings (SSSR count). The van der Waals surface area contributed by atoms with Crippen molar-refractivity contribution >= 4 is 5.69 Å². The van der Waals surface area contributed by atoms with Crippen LogP contribution in [0.3, 0.4) is 0 Å². The van der Waals surface area contributed by atoms with Crippen molar-refractivity contribution in [1.29, 1.82) is 0 Å². The maximum Gasteiger partial charge on any atom is 0.134 e. The van der Waals surface area contributed by atoms with Crippen LogP contribution in [-0.4, -0.2) is 14.2 Å². The molecule has 0 aliphatic rings. The Balaban J connectivity index is 0.000000521. The van der Waals surface area contributed by atoms with E-state index in [1.807, 2.05) is 64.2 Å². The largest absolute Gasteiger partial charge is 0.505 e. The highest BCUT2D eigenvalue weighted by atomic mass is 16.5. The van der Waals surface area contributed by atoms with Crippen molar-refractivity contribution in [3.8, 4) is 11.3 Å². The van der Waals surface area contributed by atoms with Gasteiger partial charge < -0.3 is 14.5 Å². The van der Waals surface area contributed by atoms with Crippen LogP contribution in [0.5, 0.6) is 0 Å². The molecule has 110 valence electrons. The molecule has 0 saturated carbocycles. The highest BCUT2D eigenvalue weighted by Gasteiger charge is 2.01. The summed E-state index contributed by atoms with van der Waals surface area (Å²) in [4.78, 5) is 0. The van der Waals surface area contributed by atoms with E-state index in [0.717, 1.165) is 22.8 Å². The number of nitrogens with one attached hydrogen (secondary N) is 1. The molecule has 1 N–H and O–H groups in total. The summed E-state index contributed by atoms with van der Waals surface area (Å²) >= 11 is 0. The third-order valence-electron chi connectivity index (χ3n) is 2.37. The standard InChI is InChI=1S/C12H13NO.C3H6O.C2H6/c1-9-3-8-12(14-9)10-4-6-11(13-2)7-5-10;1-3-4-2;1-2/h3-8,13H,1-2H3;3H,1H2,2H3;1-2H3. The molecule has 0 spiro atoms. The molecule has 0 saturated heterocycles. The van der Waals surface area contributed by atoms with Crippen molar-refractivity contribution in [1.82, 2.24) is 0 Å². The molecule has 0 bridgehead atoms. The molecule has 3 heteroatoms. The molecular weight excluding hydrogens is 250 g/mol. The van der Waals surface area contributed by atoms with Crippen LogP contribution < -0.4 is 5.32 Å². The summed E-state index contributed by atoms with van der Waals surface area (Å²) < 4.78 is 9.83. The number of furan rings is 1. The molecule has 0 unspecified atom stereocenters. The zero-order chi connectivity index (χ0) is 15.4. The Morgan fingerprint density at radius 3 is 2.00 bits per heavy atom. The molecule has 1 heterocycles. The average Bonchev–Trinajstić information content (AvgIpc) is 2.96. The predicted octanol–water partition coefficient (Wildman–Crippen LogP) is 5.10. The second kappa shape index (κ2) is 10.7. The third-order valence-corrected chi connectivity index (χ3v) is 2.37. The molecule has 1 aromatic carbocycles. The van der Waals surface area contributed by atoms with Gasteiger partial charge in [0.15, 0.2) is 0 Å². The number of aryl methyl sites for hydroxylation is 1. The maximum absolute atomic E-state index is 5.52. The highest BCUT2D eigenvalue weighted by Crippen LogP contribution is 2.23. The first-order chi connectivity index (χ1) is 9.71. The molecule has 1 aromatic heterocycles. The molecule has 0 atom stereocenters. The van der Waals surface area contributed by atoms with Crippen molar-refractivity contribution in [3.63, 3.8) is 0 Å². The lowest BCUT2D eigenvalue weighted by Crippen LogP contribution is -1.86. The molecule has 20 heavy (non-hydrogen) atoms. The van der Waals surface area contributed by atoms with Gasteiger partial charge in [0, 0.05) is 18.3 Å². The Hall–Kier alpha value is -2.16. The van der Waals surface area contributed by atoms with Crippen LogP contribution in [0.2, 0.25) is 0 Å². The number of rotatable bonds is 3. The third kappa shape index (κ3) is 6.14. The first-order valence-corrected chi connectivity index (χ1v) is 6.69. The Morgan fingerprint density at radius 1 is 1.10 bits per heavy atom. The molecule has 0 radical (unpaired) electrons. The Kier molecular flexibility index (Phi) is 9.57. The van der Waals surface area contributed by atoms with Crippen LogP contribution in [0.25, 0.3) is 11.3 Å². The van der Waals surface area contributed by atoms with Gasteiger partial charge in [0.05, 0.1) is 13.4 Å². The molecule has 3 nitrogen and oxygen atoms in total. The van der Waals surface area contributed by atoms with Crippen LogP contribution in [0.1, 0.15) is 19.6 Å². The predicted molar refractivity (Wildman–Crippen MR) is 87.0 cm³/mol. The second-order valence-corrected chi connectivity index (χ2v) is 3.64. The lowest BCUT2D eigenvalue weighted by atomic mass is 10.1. The van der Waals surface area contributed by atoms with Crippen LogP contribution in [0.4, 0.5) is 5.69 Å². The van der Waals surface area contributed by atoms with Crippen LogP contribution in [-0.2, 0) is 4.74 Å². The van der Waals surface area contributed by atoms with E-state index in [9.17, 15) is 0 Å². The number of hydrogen-bond donors (Lipinski definition) is 1. The van der Waals surface area contributed by atoms with Crippen LogP contribution in [0, 0.1) is 6.92 Å². The first-order valence-electron chi connectivity index (χ1n) is 6.69. The normalized spacial score (nSPS) is 8.45. The van der Waals surface area contributed by atoms with Gasteiger partial charge in [-0.25, -0.2) is 0 Å². The summed E-state index contributed by atoms with van der Waals surface area (Å²) in [7, 11) is 3.47. The van der Waals surface area contributed by atoms with Gasteiger partial charge in [-0.2, -0.15) is 0 Å². The fourth-order valence-corrected chi connectivity index (χ4v) is 1.39. The Bertz CT molecular complexity index is 472. The van der Waals surface area contributed by atoms with E-state index < -0.39 is 0 Å². The summed E-state index contributed by atoms with van der Waals surface area (Å²) in [5, 5.41) is 3.08. The lowest BCUT2D eigenvalue weighted by Gasteiger charge is -2.00. The molecule has 0 amide bonds. The van der Waals surface area contributed by atoms with E-state index in [1.54, 1.807) is 7.11 Å². The van der Waals surface area contributed by atoms with Crippen LogP contribution >= 0.6 is 0 Å². The van der Waals surface area contributed by atoms with Crippen molar-refractivity contribution in [2.45, 2.75) is 20.8 Å². The van der Waals surface area contributed by atoms with Gasteiger partial charge in [0.1, 0.15) is 11.5 Å². The van der Waals surface area contributed by atoms with E-state index in [1.165, 1.54) is 6.26 Å². The monoisotopic (exact) mass is 275 g/mol. The van der Waals surface area contributed by atoms with E-state index in [0.29, 0.717) is 0 Å². The van der Waals surface area contributed by atoms with Gasteiger partial charge in [0.25, 0.3) is 0 Å². The number of ether oxygens (including phenoxy) is 1. The number of anilines is 1. The quantitative estimate of drug-likeness (QED) is 0.791. The van der Waals surface area contributed by atoms with E-state index >= 15 is 0 Å². The molecule has 2 aromatic rings. The minimum Gasteiger partial charge on any atom is -0.505 e. The maximum atomic E-state index is 5.52. The molecule has 0 aliphatic heterocycles. The summed E-state index contributed by atoms with van der Waals surface area (Å²) in [5.74, 6) is 1.86. The zero-order valence-corrected chi connectivity index (χ0v) is 13.1. The summed E-state index contributed by atoms with van der Waals surface area (Å²) in [6.45, 7) is 9.21. The van der Waals surface area contributed by atoms with Gasteiger partial charge in [-0.05, 0) is 43.3 Å². The minimum absolute atomic E-state index is 0.921. The van der Waals surface area contributed by atoms with Gasteiger partial charge in [-0.1, -0.05) is 20.4 Å². The SMILES string of the molecule is C=COC.CC.CNc1ccc(-c2ccc(C)o2)cc1. The Labute approximate surface area is 122 Å². The molecule has 0 aliphatic carbocycles. The fraction of sp³-hybridized carbons (Fsp3) is 0.294. The topological polar surface area (TPSA) is 34.4 Å². The van der Waals surface area contributed by atoms with E-state index in [-0.39, 0.29) is 0 Å². The molecular formula is C17H25NO2. The van der Waals surface area contributed by atoms with Gasteiger partial charge in [-0.15, -0.1) is 0 Å². The Morgan fingerprint density at radius 2 is 1.65 bits per heavy atom. The van der Waals surface area contributed by atoms with E-state index in [2.05, 4.69) is 16.6 Å². The first kappa shape index (κ1) is 17.8. The van der Waals surface area contributed by atoms with Crippen molar-refractivity contribution in [3.05, 3.63) is 55.0 Å². The number of benzene rings is 1. The fourth-order valence-electron chi connectivity index (χ4n) is 1.39. The van der Waals surface area contributed by atoms with Crippen molar-refractivity contribution in [2.75, 3.05) is 19.5 Å². The van der Waals surface area contributed by atoms with Crippen molar-refractivity contribution in [2.24, 2.45) is 0 Å². The zero-order valence-electron chi connectivity index (χ0n) is 13.1. The smallest absolute Gasteiger partial charge is 0.134 e. The van der Waals surface area contributed by atoms with E-state index in [4.69, 9.17) is 4.42 Å². The summed E-state index contributed by atoms with van der Waals surface area (Å²) in [6, 6.07) is 12.1. The average molecular weight is 275 g/mol. The van der Waals surface area contributed by atoms with Crippen molar-refractivity contribution < 1.29 is 9.15 Å². The minimum atomic E-state index is 0.921. The second-order valence-electron chi connectivity index (χ2n) is 3.64. The van der Waals surface area contributed by atoms with Gasteiger partial charge >= 0.3 is 0 Å². The summed E-state index contributed by atoms with van der Waals surface area (Å²) in [6.07, 6.45) is 1.38. The number of hydrogen-bond acceptors (Lipinski definition) is 3. The van der Waals surface area contributed by atoms with Crippen LogP contribution in [0.15, 0.2) is 53.7 Å². The highest BCUT2D eigenvalue weighted by molar-refractivity contribution is 5.61. The van der Waals surface area contributed by atoms with Gasteiger partial charge in [0.2, 0.25) is 0 Å². The summed E-state index contributed by atoms with van der Waals surface area (Å²) in [5.41, 5.74) is 2.22. The lowest BCUT2D eigenvalue weighted by molar-refractivity contribution is 0.339.